The molecule has 0 aliphatic carbocycles. The molecule has 0 atom stereocenters. The molecule has 27 heavy (non-hydrogen) atoms. The van der Waals surface area contributed by atoms with Gasteiger partial charge in [-0.05, 0) is 48.5 Å². The highest BCUT2D eigenvalue weighted by molar-refractivity contribution is 5.80. The average molecular weight is 355 g/mol. The van der Waals surface area contributed by atoms with Crippen LogP contribution in [0.25, 0.3) is 22.6 Å². The molecule has 0 unspecified atom stereocenters. The van der Waals surface area contributed by atoms with Crippen LogP contribution in [0.15, 0.2) is 79.4 Å². The predicted octanol–water partition coefficient (Wildman–Crippen LogP) is 4.40. The highest BCUT2D eigenvalue weighted by atomic mass is 16.5. The molecule has 1 aromatic carbocycles. The predicted molar refractivity (Wildman–Crippen MR) is 106 cm³/mol. The smallest absolute Gasteiger partial charge is 0.143 e. The van der Waals surface area contributed by atoms with Gasteiger partial charge < -0.3 is 14.5 Å². The number of hydrogen-bond acceptors (Lipinski definition) is 4. The highest BCUT2D eigenvalue weighted by Crippen LogP contribution is 2.31. The van der Waals surface area contributed by atoms with Crippen molar-refractivity contribution in [1.82, 2.24) is 18.8 Å². The number of benzene rings is 1. The summed E-state index contributed by atoms with van der Waals surface area (Å²) in [5.74, 6) is 1.74. The number of pyridine rings is 2. The first-order valence-corrected chi connectivity index (χ1v) is 8.63. The lowest BCUT2D eigenvalue weighted by molar-refractivity contribution is 0.415. The van der Waals surface area contributed by atoms with E-state index in [1.165, 1.54) is 0 Å². The Labute approximate surface area is 155 Å². The van der Waals surface area contributed by atoms with E-state index in [9.17, 15) is 0 Å². The standard InChI is InChI=1S/C21H17N5O/c1-27-17-8-6-16(7-9-17)23-21-20(24-19-4-2-3-12-26(19)21)15-5-10-18-22-11-13-25(18)14-15/h2-14,23H,1H3. The fourth-order valence-corrected chi connectivity index (χ4v) is 3.19. The Morgan fingerprint density at radius 3 is 2.67 bits per heavy atom. The molecular weight excluding hydrogens is 338 g/mol. The third-order valence-corrected chi connectivity index (χ3v) is 4.54. The zero-order chi connectivity index (χ0) is 18.2. The summed E-state index contributed by atoms with van der Waals surface area (Å²) >= 11 is 0. The molecule has 4 aromatic heterocycles. The molecule has 1 N–H and O–H groups in total. The van der Waals surface area contributed by atoms with E-state index < -0.39 is 0 Å². The molecule has 0 saturated carbocycles. The summed E-state index contributed by atoms with van der Waals surface area (Å²) < 4.78 is 9.30. The van der Waals surface area contributed by atoms with Gasteiger partial charge in [0.2, 0.25) is 0 Å². The van der Waals surface area contributed by atoms with Gasteiger partial charge in [0.05, 0.1) is 7.11 Å². The highest BCUT2D eigenvalue weighted by Gasteiger charge is 2.15. The number of anilines is 2. The van der Waals surface area contributed by atoms with Crippen molar-refractivity contribution in [2.24, 2.45) is 0 Å². The summed E-state index contributed by atoms with van der Waals surface area (Å²) in [4.78, 5) is 9.16. The molecule has 6 nitrogen and oxygen atoms in total. The molecule has 132 valence electrons. The summed E-state index contributed by atoms with van der Waals surface area (Å²) in [7, 11) is 1.66. The van der Waals surface area contributed by atoms with Crippen LogP contribution in [0.5, 0.6) is 5.75 Å². The van der Waals surface area contributed by atoms with Gasteiger partial charge in [0.15, 0.2) is 0 Å². The van der Waals surface area contributed by atoms with Gasteiger partial charge in [0, 0.05) is 36.0 Å². The summed E-state index contributed by atoms with van der Waals surface area (Å²) in [5, 5.41) is 3.51. The Kier molecular flexibility index (Phi) is 3.53. The molecule has 0 amide bonds. The molecule has 0 aliphatic rings. The number of rotatable bonds is 4. The minimum absolute atomic E-state index is 0.824. The SMILES string of the molecule is COc1ccc(Nc2c(-c3ccc4nccn4c3)nc3ccccn23)cc1. The van der Waals surface area contributed by atoms with Gasteiger partial charge in [-0.15, -0.1) is 0 Å². The number of imidazole rings is 2. The van der Waals surface area contributed by atoms with E-state index in [0.29, 0.717) is 0 Å². The van der Waals surface area contributed by atoms with Crippen molar-refractivity contribution in [2.75, 3.05) is 12.4 Å². The summed E-state index contributed by atoms with van der Waals surface area (Å²) in [6, 6.07) is 17.9. The van der Waals surface area contributed by atoms with Gasteiger partial charge in [-0.3, -0.25) is 4.40 Å². The third-order valence-electron chi connectivity index (χ3n) is 4.54. The second-order valence-electron chi connectivity index (χ2n) is 6.20. The van der Waals surface area contributed by atoms with Crippen LogP contribution < -0.4 is 10.1 Å². The molecule has 4 heterocycles. The van der Waals surface area contributed by atoms with E-state index in [4.69, 9.17) is 9.72 Å². The van der Waals surface area contributed by atoms with Gasteiger partial charge in [-0.1, -0.05) is 6.07 Å². The summed E-state index contributed by atoms with van der Waals surface area (Å²) in [6.07, 6.45) is 7.78. The van der Waals surface area contributed by atoms with Crippen molar-refractivity contribution in [3.63, 3.8) is 0 Å². The number of aromatic nitrogens is 4. The van der Waals surface area contributed by atoms with E-state index in [1.54, 1.807) is 13.3 Å². The van der Waals surface area contributed by atoms with Crippen molar-refractivity contribution in [1.29, 1.82) is 0 Å². The van der Waals surface area contributed by atoms with E-state index in [0.717, 1.165) is 39.8 Å². The van der Waals surface area contributed by atoms with E-state index in [1.807, 2.05) is 77.6 Å². The van der Waals surface area contributed by atoms with Crippen LogP contribution >= 0.6 is 0 Å². The fourth-order valence-electron chi connectivity index (χ4n) is 3.19. The van der Waals surface area contributed by atoms with Gasteiger partial charge in [0.25, 0.3) is 0 Å². The first-order valence-electron chi connectivity index (χ1n) is 8.63. The minimum Gasteiger partial charge on any atom is -0.497 e. The second-order valence-corrected chi connectivity index (χ2v) is 6.20. The monoisotopic (exact) mass is 355 g/mol. The maximum atomic E-state index is 5.25. The third kappa shape index (κ3) is 2.67. The average Bonchev–Trinajstić information content (AvgIpc) is 3.33. The fraction of sp³-hybridized carbons (Fsp3) is 0.0476. The number of ether oxygens (including phenoxy) is 1. The maximum absolute atomic E-state index is 5.25. The largest absolute Gasteiger partial charge is 0.497 e. The van der Waals surface area contributed by atoms with Gasteiger partial charge >= 0.3 is 0 Å². The van der Waals surface area contributed by atoms with Crippen LogP contribution in [-0.2, 0) is 0 Å². The van der Waals surface area contributed by atoms with Gasteiger partial charge in [-0.25, -0.2) is 9.97 Å². The van der Waals surface area contributed by atoms with Crippen molar-refractivity contribution in [3.05, 3.63) is 79.4 Å². The van der Waals surface area contributed by atoms with Crippen LogP contribution in [0.2, 0.25) is 0 Å². The van der Waals surface area contributed by atoms with Gasteiger partial charge in [-0.2, -0.15) is 0 Å². The Morgan fingerprint density at radius 2 is 1.81 bits per heavy atom. The molecule has 6 heteroatoms. The Balaban J connectivity index is 1.65. The quantitative estimate of drug-likeness (QED) is 0.519. The molecule has 0 bridgehead atoms. The number of methoxy groups -OCH3 is 1. The molecular formula is C21H17N5O. The lowest BCUT2D eigenvalue weighted by Crippen LogP contribution is -1.97. The molecule has 5 rings (SSSR count). The lowest BCUT2D eigenvalue weighted by Gasteiger charge is -2.10. The first-order chi connectivity index (χ1) is 13.3. The zero-order valence-electron chi connectivity index (χ0n) is 14.7. The number of fused-ring (bicyclic) bond motifs is 2. The summed E-state index contributed by atoms with van der Waals surface area (Å²) in [5.41, 5.74) is 4.65. The Morgan fingerprint density at radius 1 is 0.926 bits per heavy atom. The van der Waals surface area contributed by atoms with Crippen LogP contribution in [0.3, 0.4) is 0 Å². The lowest BCUT2D eigenvalue weighted by atomic mass is 10.2. The van der Waals surface area contributed by atoms with Gasteiger partial charge in [0.1, 0.15) is 28.6 Å². The topological polar surface area (TPSA) is 55.9 Å². The molecule has 0 radical (unpaired) electrons. The number of hydrogen-bond donors (Lipinski definition) is 1. The van der Waals surface area contributed by atoms with Crippen LogP contribution in [0.4, 0.5) is 11.5 Å². The van der Waals surface area contributed by atoms with Crippen LogP contribution in [-0.4, -0.2) is 25.9 Å². The van der Waals surface area contributed by atoms with Crippen LogP contribution in [0.1, 0.15) is 0 Å². The molecule has 5 aromatic rings. The molecule has 0 saturated heterocycles. The molecule has 0 aliphatic heterocycles. The second kappa shape index (κ2) is 6.17. The summed E-state index contributed by atoms with van der Waals surface area (Å²) in [6.45, 7) is 0. The van der Waals surface area contributed by atoms with E-state index in [-0.39, 0.29) is 0 Å². The molecule has 0 fully saturated rings. The van der Waals surface area contributed by atoms with Crippen molar-refractivity contribution < 1.29 is 4.74 Å². The first kappa shape index (κ1) is 15.5. The van der Waals surface area contributed by atoms with E-state index >= 15 is 0 Å². The zero-order valence-corrected chi connectivity index (χ0v) is 14.7. The van der Waals surface area contributed by atoms with Crippen LogP contribution in [0, 0.1) is 0 Å². The Bertz CT molecular complexity index is 1240. The minimum atomic E-state index is 0.824. The van der Waals surface area contributed by atoms with E-state index in [2.05, 4.69) is 14.7 Å². The number of nitrogens with one attached hydrogen (secondary N) is 1. The normalized spacial score (nSPS) is 11.1. The Hall–Kier alpha value is -3.80. The van der Waals surface area contributed by atoms with Crippen molar-refractivity contribution in [3.8, 4) is 17.0 Å². The number of nitrogens with zero attached hydrogens (tertiary/aromatic N) is 4. The molecule has 0 spiro atoms. The maximum Gasteiger partial charge on any atom is 0.143 e. The van der Waals surface area contributed by atoms with Crippen molar-refractivity contribution >= 4 is 22.8 Å². The van der Waals surface area contributed by atoms with Crippen molar-refractivity contribution in [2.45, 2.75) is 0 Å².